The molecule has 3 N–H and O–H groups in total. The van der Waals surface area contributed by atoms with Crippen molar-refractivity contribution in [2.45, 2.75) is 6.92 Å². The van der Waals surface area contributed by atoms with E-state index in [0.717, 1.165) is 15.7 Å². The fourth-order valence-corrected chi connectivity index (χ4v) is 2.42. The van der Waals surface area contributed by atoms with E-state index in [1.165, 1.54) is 12.1 Å². The molecule has 0 fully saturated rings. The number of phenols is 2. The van der Waals surface area contributed by atoms with Gasteiger partial charge in [-0.1, -0.05) is 33.6 Å². The summed E-state index contributed by atoms with van der Waals surface area (Å²) in [6.45, 7) is 2.00. The summed E-state index contributed by atoms with van der Waals surface area (Å²) in [6, 6.07) is 17.8. The molecule has 0 aliphatic rings. The van der Waals surface area contributed by atoms with Gasteiger partial charge in [0.05, 0.1) is 11.4 Å². The maximum Gasteiger partial charge on any atom is 0.145 e. The van der Waals surface area contributed by atoms with Crippen LogP contribution >= 0.6 is 15.9 Å². The van der Waals surface area contributed by atoms with Gasteiger partial charge in [0, 0.05) is 22.3 Å². The number of rotatable bonds is 4. The van der Waals surface area contributed by atoms with Crippen LogP contribution in [0.25, 0.3) is 0 Å². The Labute approximate surface area is 153 Å². The molecule has 126 valence electrons. The van der Waals surface area contributed by atoms with Gasteiger partial charge in [0.25, 0.3) is 0 Å². The quantitative estimate of drug-likeness (QED) is 0.273. The average molecular weight is 398 g/mol. The van der Waals surface area contributed by atoms with E-state index in [1.807, 2.05) is 43.3 Å². The highest BCUT2D eigenvalue weighted by atomic mass is 79.9. The molecule has 0 unspecified atom stereocenters. The largest absolute Gasteiger partial charge is 0.506 e. The van der Waals surface area contributed by atoms with Crippen molar-refractivity contribution in [1.82, 2.24) is 0 Å². The van der Waals surface area contributed by atoms with Crippen LogP contribution in [0, 0.1) is 6.92 Å². The second-order valence-corrected chi connectivity index (χ2v) is 6.44. The summed E-state index contributed by atoms with van der Waals surface area (Å²) in [6.07, 6.45) is 0. The smallest absolute Gasteiger partial charge is 0.145 e. The first-order valence-corrected chi connectivity index (χ1v) is 8.37. The fraction of sp³-hybridized carbons (Fsp3) is 0.0526. The number of azo groups is 1. The minimum atomic E-state index is -0.0757. The van der Waals surface area contributed by atoms with Crippen LogP contribution in [-0.4, -0.2) is 10.2 Å². The Morgan fingerprint density at radius 1 is 0.840 bits per heavy atom. The zero-order chi connectivity index (χ0) is 17.8. The number of nitrogens with one attached hydrogen (secondary N) is 1. The Kier molecular flexibility index (Phi) is 5.00. The summed E-state index contributed by atoms with van der Waals surface area (Å²) in [5.41, 5.74) is 3.17. The van der Waals surface area contributed by atoms with Crippen molar-refractivity contribution in [3.63, 3.8) is 0 Å². The molecule has 0 aromatic heterocycles. The maximum absolute atomic E-state index is 10.2. The van der Waals surface area contributed by atoms with E-state index in [1.54, 1.807) is 12.1 Å². The van der Waals surface area contributed by atoms with Crippen LogP contribution in [0.15, 0.2) is 75.4 Å². The first kappa shape index (κ1) is 17.0. The summed E-state index contributed by atoms with van der Waals surface area (Å²) in [4.78, 5) is 0. The lowest BCUT2D eigenvalue weighted by Gasteiger charge is -2.10. The number of halogens is 1. The maximum atomic E-state index is 10.2. The van der Waals surface area contributed by atoms with Gasteiger partial charge in [0.1, 0.15) is 17.2 Å². The van der Waals surface area contributed by atoms with Crippen LogP contribution in [0.5, 0.6) is 11.5 Å². The van der Waals surface area contributed by atoms with Crippen LogP contribution in [-0.2, 0) is 0 Å². The average Bonchev–Trinajstić information content (AvgIpc) is 2.60. The van der Waals surface area contributed by atoms with Gasteiger partial charge in [-0.05, 0) is 43.3 Å². The Bertz CT molecular complexity index is 907. The van der Waals surface area contributed by atoms with E-state index in [4.69, 9.17) is 0 Å². The Morgan fingerprint density at radius 2 is 1.52 bits per heavy atom. The molecule has 0 bridgehead atoms. The van der Waals surface area contributed by atoms with E-state index in [9.17, 15) is 10.2 Å². The van der Waals surface area contributed by atoms with Crippen LogP contribution in [0.2, 0.25) is 0 Å². The molecule has 5 nitrogen and oxygen atoms in total. The molecule has 0 saturated heterocycles. The SMILES string of the molecule is Cc1ccc(Nc2cc(O)c(N=Nc3ccc(Br)cc3)cc2O)cc1. The monoisotopic (exact) mass is 397 g/mol. The van der Waals surface area contributed by atoms with Crippen molar-refractivity contribution in [3.05, 3.63) is 70.7 Å². The first-order valence-electron chi connectivity index (χ1n) is 7.58. The van der Waals surface area contributed by atoms with Crippen molar-refractivity contribution < 1.29 is 10.2 Å². The third kappa shape index (κ3) is 4.36. The molecule has 0 aliphatic carbocycles. The highest BCUT2D eigenvalue weighted by molar-refractivity contribution is 9.10. The van der Waals surface area contributed by atoms with Crippen molar-refractivity contribution >= 4 is 38.7 Å². The van der Waals surface area contributed by atoms with Crippen LogP contribution < -0.4 is 5.32 Å². The topological polar surface area (TPSA) is 77.2 Å². The van der Waals surface area contributed by atoms with Gasteiger partial charge in [-0.15, -0.1) is 5.11 Å². The number of anilines is 2. The van der Waals surface area contributed by atoms with Crippen LogP contribution in [0.4, 0.5) is 22.7 Å². The summed E-state index contributed by atoms with van der Waals surface area (Å²) in [5.74, 6) is -0.101. The van der Waals surface area contributed by atoms with E-state index in [0.29, 0.717) is 11.4 Å². The van der Waals surface area contributed by atoms with Crippen molar-refractivity contribution in [3.8, 4) is 11.5 Å². The zero-order valence-corrected chi connectivity index (χ0v) is 15.0. The first-order chi connectivity index (χ1) is 12.0. The molecule has 0 amide bonds. The number of phenolic OH excluding ortho intramolecular Hbond substituents is 2. The second kappa shape index (κ2) is 7.36. The molecule has 0 spiro atoms. The Morgan fingerprint density at radius 3 is 2.20 bits per heavy atom. The number of hydrogen-bond acceptors (Lipinski definition) is 5. The molecule has 0 atom stereocenters. The van der Waals surface area contributed by atoms with E-state index in [-0.39, 0.29) is 17.2 Å². The third-order valence-electron chi connectivity index (χ3n) is 3.52. The fourth-order valence-electron chi connectivity index (χ4n) is 2.16. The minimum absolute atomic E-state index is 0.0249. The molecule has 25 heavy (non-hydrogen) atoms. The highest BCUT2D eigenvalue weighted by Gasteiger charge is 2.09. The van der Waals surface area contributed by atoms with Crippen molar-refractivity contribution in [2.75, 3.05) is 5.32 Å². The summed E-state index contributed by atoms with van der Waals surface area (Å²) in [7, 11) is 0. The molecule has 0 heterocycles. The molecule has 6 heteroatoms. The van der Waals surface area contributed by atoms with E-state index < -0.39 is 0 Å². The Hall–Kier alpha value is -2.86. The summed E-state index contributed by atoms with van der Waals surface area (Å²) >= 11 is 3.35. The summed E-state index contributed by atoms with van der Waals surface area (Å²) in [5, 5.41) is 31.4. The van der Waals surface area contributed by atoms with E-state index >= 15 is 0 Å². The number of nitrogens with zero attached hydrogens (tertiary/aromatic N) is 2. The van der Waals surface area contributed by atoms with Gasteiger partial charge in [-0.2, -0.15) is 5.11 Å². The standard InChI is InChI=1S/C19H16BrN3O2/c1-12-2-6-14(7-3-12)21-16-10-19(25)17(11-18(16)24)23-22-15-8-4-13(20)5-9-15/h2-11,21,24-25H,1H3. The lowest BCUT2D eigenvalue weighted by Crippen LogP contribution is -1.90. The minimum Gasteiger partial charge on any atom is -0.506 e. The molecule has 3 rings (SSSR count). The van der Waals surface area contributed by atoms with Crippen molar-refractivity contribution in [1.29, 1.82) is 0 Å². The molecule has 3 aromatic carbocycles. The number of aryl methyl sites for hydroxylation is 1. The van der Waals surface area contributed by atoms with Crippen LogP contribution in [0.3, 0.4) is 0 Å². The second-order valence-electron chi connectivity index (χ2n) is 5.53. The predicted octanol–water partition coefficient (Wildman–Crippen LogP) is 6.33. The molecular weight excluding hydrogens is 382 g/mol. The number of hydrogen-bond donors (Lipinski definition) is 3. The summed E-state index contributed by atoms with van der Waals surface area (Å²) < 4.78 is 0.943. The van der Waals surface area contributed by atoms with Gasteiger partial charge in [-0.3, -0.25) is 0 Å². The highest BCUT2D eigenvalue weighted by Crippen LogP contribution is 2.38. The predicted molar refractivity (Wildman–Crippen MR) is 103 cm³/mol. The lowest BCUT2D eigenvalue weighted by atomic mass is 10.2. The Balaban J connectivity index is 1.82. The van der Waals surface area contributed by atoms with Crippen LogP contribution in [0.1, 0.15) is 5.56 Å². The van der Waals surface area contributed by atoms with Gasteiger partial charge in [0.15, 0.2) is 0 Å². The van der Waals surface area contributed by atoms with Gasteiger partial charge < -0.3 is 15.5 Å². The number of aromatic hydroxyl groups is 2. The molecule has 0 saturated carbocycles. The normalized spacial score (nSPS) is 11.0. The third-order valence-corrected chi connectivity index (χ3v) is 4.05. The van der Waals surface area contributed by atoms with E-state index in [2.05, 4.69) is 31.5 Å². The lowest BCUT2D eigenvalue weighted by molar-refractivity contribution is 0.463. The molecular formula is C19H16BrN3O2. The van der Waals surface area contributed by atoms with Gasteiger partial charge in [0.2, 0.25) is 0 Å². The molecule has 0 radical (unpaired) electrons. The number of benzene rings is 3. The zero-order valence-electron chi connectivity index (χ0n) is 13.4. The van der Waals surface area contributed by atoms with Crippen molar-refractivity contribution in [2.24, 2.45) is 10.2 Å². The molecule has 0 aliphatic heterocycles. The molecule has 3 aromatic rings. The van der Waals surface area contributed by atoms with Gasteiger partial charge >= 0.3 is 0 Å². The van der Waals surface area contributed by atoms with Gasteiger partial charge in [-0.25, -0.2) is 0 Å².